The van der Waals surface area contributed by atoms with Gasteiger partial charge in [-0.2, -0.15) is 35.1 Å². The summed E-state index contributed by atoms with van der Waals surface area (Å²) in [6, 6.07) is 0. The summed E-state index contributed by atoms with van der Waals surface area (Å²) in [6.45, 7) is 0. The number of halogens is 10. The van der Waals surface area contributed by atoms with Crippen LogP contribution in [-0.4, -0.2) is 36.0 Å². The van der Waals surface area contributed by atoms with Gasteiger partial charge in [0, 0.05) is 0 Å². The predicted molar refractivity (Wildman–Crippen MR) is 29.6 cm³/mol. The second kappa shape index (κ2) is 2.95. The highest BCUT2D eigenvalue weighted by molar-refractivity contribution is 5.16. The molecule has 0 aliphatic heterocycles. The summed E-state index contributed by atoms with van der Waals surface area (Å²) in [5, 5.41) is 0. The summed E-state index contributed by atoms with van der Waals surface area (Å²) in [4.78, 5) is 0. The highest BCUT2D eigenvalue weighted by Gasteiger charge is 2.90. The molecule has 2 atom stereocenters. The molecule has 0 aromatic rings. The first-order chi connectivity index (χ1) is 6.82. The Kier molecular flexibility index (Phi) is 2.46. The van der Waals surface area contributed by atoms with Crippen LogP contribution in [0.25, 0.3) is 0 Å². The van der Waals surface area contributed by atoms with E-state index in [1.807, 2.05) is 0 Å². The van der Waals surface area contributed by atoms with Crippen molar-refractivity contribution in [3.8, 4) is 0 Å². The van der Waals surface area contributed by atoms with Crippen molar-refractivity contribution in [2.45, 2.75) is 36.0 Å². The lowest BCUT2D eigenvalue weighted by Crippen LogP contribution is -2.75. The van der Waals surface area contributed by atoms with Gasteiger partial charge in [-0.1, -0.05) is 0 Å². The van der Waals surface area contributed by atoms with Crippen LogP contribution in [-0.2, 0) is 0 Å². The highest BCUT2D eigenvalue weighted by Crippen LogP contribution is 2.61. The lowest BCUT2D eigenvalue weighted by molar-refractivity contribution is -0.421. The third kappa shape index (κ3) is 1.12. The Morgan fingerprint density at radius 2 is 0.688 bits per heavy atom. The second-order valence-corrected chi connectivity index (χ2v) is 3.20. The van der Waals surface area contributed by atoms with Gasteiger partial charge in [0.05, 0.1) is 0 Å². The zero-order valence-corrected chi connectivity index (χ0v) is 6.93. The first-order valence-corrected chi connectivity index (χ1v) is 3.61. The molecule has 1 unspecified atom stereocenters. The van der Waals surface area contributed by atoms with Crippen LogP contribution in [0.15, 0.2) is 0 Å². The number of hydrogen-bond donors (Lipinski definition) is 0. The van der Waals surface area contributed by atoms with E-state index in [0.717, 1.165) is 0 Å². The predicted octanol–water partition coefficient (Wildman–Crippen LogP) is 3.22. The molecule has 0 radical (unpaired) electrons. The SMILES string of the molecule is FC1[C@@H](F)C(F)(F)C(F)(F)C(F)(F)C1(F)F. The van der Waals surface area contributed by atoms with E-state index < -0.39 is 36.0 Å². The van der Waals surface area contributed by atoms with Gasteiger partial charge in [-0.3, -0.25) is 0 Å². The summed E-state index contributed by atoms with van der Waals surface area (Å²) < 4.78 is 123. The Morgan fingerprint density at radius 1 is 0.500 bits per heavy atom. The summed E-state index contributed by atoms with van der Waals surface area (Å²) in [6.07, 6.45) is -9.42. The van der Waals surface area contributed by atoms with Crippen LogP contribution < -0.4 is 0 Å². The molecule has 1 aliphatic rings. The number of alkyl halides is 10. The summed E-state index contributed by atoms with van der Waals surface area (Å²) in [5.74, 6) is -25.8. The second-order valence-electron chi connectivity index (χ2n) is 3.20. The first-order valence-electron chi connectivity index (χ1n) is 3.61. The van der Waals surface area contributed by atoms with Crippen LogP contribution in [0, 0.1) is 0 Å². The van der Waals surface area contributed by atoms with Gasteiger partial charge >= 0.3 is 23.7 Å². The third-order valence-corrected chi connectivity index (χ3v) is 2.18. The van der Waals surface area contributed by atoms with Crippen molar-refractivity contribution in [3.63, 3.8) is 0 Å². The highest BCUT2D eigenvalue weighted by atomic mass is 19.4. The Morgan fingerprint density at radius 3 is 0.875 bits per heavy atom. The molecule has 0 aromatic heterocycles. The zero-order chi connectivity index (χ0) is 13.2. The molecule has 1 fully saturated rings. The van der Waals surface area contributed by atoms with Gasteiger partial charge in [-0.25, -0.2) is 8.78 Å². The molecule has 0 bridgehead atoms. The van der Waals surface area contributed by atoms with Crippen LogP contribution in [0.4, 0.5) is 43.9 Å². The van der Waals surface area contributed by atoms with Gasteiger partial charge < -0.3 is 0 Å². The summed E-state index contributed by atoms with van der Waals surface area (Å²) in [5.41, 5.74) is 0. The standard InChI is InChI=1S/C6H2F10/c7-1-2(8)4(11,12)6(15,16)5(13,14)3(1,9)10/h1-2H/t1-,2?/m1/s1. The monoisotopic (exact) mass is 264 g/mol. The van der Waals surface area contributed by atoms with Gasteiger partial charge in [-0.15, -0.1) is 0 Å². The van der Waals surface area contributed by atoms with Crippen LogP contribution in [0.5, 0.6) is 0 Å². The van der Waals surface area contributed by atoms with E-state index in [1.54, 1.807) is 0 Å². The summed E-state index contributed by atoms with van der Waals surface area (Å²) >= 11 is 0. The van der Waals surface area contributed by atoms with Crippen molar-refractivity contribution in [2.75, 3.05) is 0 Å². The van der Waals surface area contributed by atoms with E-state index in [1.165, 1.54) is 0 Å². The van der Waals surface area contributed by atoms with Crippen LogP contribution in [0.2, 0.25) is 0 Å². The molecular weight excluding hydrogens is 262 g/mol. The molecule has 16 heavy (non-hydrogen) atoms. The fourth-order valence-corrected chi connectivity index (χ4v) is 1.13. The van der Waals surface area contributed by atoms with Crippen LogP contribution >= 0.6 is 0 Å². The molecule has 96 valence electrons. The van der Waals surface area contributed by atoms with Crippen LogP contribution in [0.1, 0.15) is 0 Å². The lowest BCUT2D eigenvalue weighted by atomic mass is 9.83. The zero-order valence-electron chi connectivity index (χ0n) is 6.93. The molecular formula is C6H2F10. The molecule has 1 saturated carbocycles. The van der Waals surface area contributed by atoms with Crippen molar-refractivity contribution >= 4 is 0 Å². The molecule has 0 saturated heterocycles. The Bertz CT molecular complexity index is 264. The third-order valence-electron chi connectivity index (χ3n) is 2.18. The average molecular weight is 264 g/mol. The van der Waals surface area contributed by atoms with Crippen molar-refractivity contribution in [1.82, 2.24) is 0 Å². The van der Waals surface area contributed by atoms with E-state index in [4.69, 9.17) is 0 Å². The quantitative estimate of drug-likeness (QED) is 0.589. The molecule has 0 aromatic carbocycles. The Hall–Kier alpha value is -0.700. The summed E-state index contributed by atoms with van der Waals surface area (Å²) in [7, 11) is 0. The van der Waals surface area contributed by atoms with Crippen molar-refractivity contribution in [3.05, 3.63) is 0 Å². The minimum atomic E-state index is -6.68. The normalized spacial score (nSPS) is 39.4. The fourth-order valence-electron chi connectivity index (χ4n) is 1.13. The van der Waals surface area contributed by atoms with E-state index in [2.05, 4.69) is 0 Å². The minimum Gasteiger partial charge on any atom is -0.237 e. The van der Waals surface area contributed by atoms with Crippen molar-refractivity contribution in [1.29, 1.82) is 0 Å². The number of hydrogen-bond acceptors (Lipinski definition) is 0. The van der Waals surface area contributed by atoms with Crippen molar-refractivity contribution in [2.24, 2.45) is 0 Å². The van der Waals surface area contributed by atoms with E-state index >= 15 is 0 Å². The first kappa shape index (κ1) is 13.4. The molecule has 0 amide bonds. The molecule has 10 heteroatoms. The number of rotatable bonds is 0. The topological polar surface area (TPSA) is 0 Å². The Balaban J connectivity index is 3.42. The molecule has 0 nitrogen and oxygen atoms in total. The maximum atomic E-state index is 12.3. The molecule has 1 rings (SSSR count). The van der Waals surface area contributed by atoms with Gasteiger partial charge in [-0.05, 0) is 0 Å². The van der Waals surface area contributed by atoms with E-state index in [0.29, 0.717) is 0 Å². The minimum absolute atomic E-state index is 4.71. The molecule has 0 heterocycles. The van der Waals surface area contributed by atoms with E-state index in [9.17, 15) is 43.9 Å². The fraction of sp³-hybridized carbons (Fsp3) is 1.00. The smallest absolute Gasteiger partial charge is 0.237 e. The van der Waals surface area contributed by atoms with Crippen molar-refractivity contribution < 1.29 is 43.9 Å². The van der Waals surface area contributed by atoms with Gasteiger partial charge in [0.1, 0.15) is 0 Å². The Labute approximate surface area is 81.2 Å². The van der Waals surface area contributed by atoms with Gasteiger partial charge in [0.25, 0.3) is 0 Å². The molecule has 0 spiro atoms. The molecule has 0 N–H and O–H groups in total. The maximum absolute atomic E-state index is 12.3. The van der Waals surface area contributed by atoms with E-state index in [-0.39, 0.29) is 0 Å². The van der Waals surface area contributed by atoms with Gasteiger partial charge in [0.15, 0.2) is 0 Å². The lowest BCUT2D eigenvalue weighted by Gasteiger charge is -2.44. The average Bonchev–Trinajstić information content (AvgIpc) is 2.12. The maximum Gasteiger partial charge on any atom is 0.381 e. The van der Waals surface area contributed by atoms with Gasteiger partial charge in [0.2, 0.25) is 12.3 Å². The largest absolute Gasteiger partial charge is 0.381 e. The molecule has 1 aliphatic carbocycles. The van der Waals surface area contributed by atoms with Crippen LogP contribution in [0.3, 0.4) is 0 Å².